The number of nitrogens with zero attached hydrogens (tertiary/aromatic N) is 1. The first kappa shape index (κ1) is 12.4. The average Bonchev–Trinajstić information content (AvgIpc) is 2.35. The van der Waals surface area contributed by atoms with E-state index in [1.54, 1.807) is 30.6 Å². The molecule has 0 atom stereocenters. The molecule has 1 amide bonds. The minimum Gasteiger partial charge on any atom is -0.398 e. The number of rotatable bonds is 2. The highest BCUT2D eigenvalue weighted by Crippen LogP contribution is 2.24. The van der Waals surface area contributed by atoms with Gasteiger partial charge in [0.1, 0.15) is 0 Å². The number of hydrogen-bond acceptors (Lipinski definition) is 3. The van der Waals surface area contributed by atoms with Gasteiger partial charge in [-0.05, 0) is 30.7 Å². The number of nitrogens with two attached hydrogens (primary N) is 1. The van der Waals surface area contributed by atoms with E-state index in [1.807, 2.05) is 13.0 Å². The van der Waals surface area contributed by atoms with Crippen LogP contribution >= 0.6 is 11.6 Å². The van der Waals surface area contributed by atoms with E-state index in [1.165, 1.54) is 0 Å². The van der Waals surface area contributed by atoms with Crippen molar-refractivity contribution in [3.05, 3.63) is 52.8 Å². The van der Waals surface area contributed by atoms with Crippen LogP contribution < -0.4 is 11.1 Å². The molecule has 92 valence electrons. The Kier molecular flexibility index (Phi) is 3.48. The minimum atomic E-state index is -0.302. The lowest BCUT2D eigenvalue weighted by Crippen LogP contribution is -2.14. The maximum atomic E-state index is 12.1. The van der Waals surface area contributed by atoms with Gasteiger partial charge in [-0.2, -0.15) is 0 Å². The molecule has 0 spiro atoms. The van der Waals surface area contributed by atoms with Crippen molar-refractivity contribution in [1.29, 1.82) is 0 Å². The van der Waals surface area contributed by atoms with Crippen LogP contribution in [0.2, 0.25) is 5.02 Å². The van der Waals surface area contributed by atoms with Crippen LogP contribution in [-0.4, -0.2) is 10.9 Å². The molecule has 0 unspecified atom stereocenters. The maximum absolute atomic E-state index is 12.1. The largest absolute Gasteiger partial charge is 0.398 e. The maximum Gasteiger partial charge on any atom is 0.257 e. The lowest BCUT2D eigenvalue weighted by molar-refractivity contribution is 0.102. The monoisotopic (exact) mass is 261 g/mol. The fraction of sp³-hybridized carbons (Fsp3) is 0.0769. The lowest BCUT2D eigenvalue weighted by Gasteiger charge is -2.09. The van der Waals surface area contributed by atoms with Gasteiger partial charge in [-0.15, -0.1) is 0 Å². The third-order valence-corrected chi connectivity index (χ3v) is 2.98. The first-order chi connectivity index (χ1) is 8.59. The van der Waals surface area contributed by atoms with Gasteiger partial charge >= 0.3 is 0 Å². The average molecular weight is 262 g/mol. The van der Waals surface area contributed by atoms with Gasteiger partial charge in [0.2, 0.25) is 0 Å². The van der Waals surface area contributed by atoms with Crippen LogP contribution in [0.15, 0.2) is 36.7 Å². The van der Waals surface area contributed by atoms with E-state index < -0.39 is 0 Å². The number of nitrogens with one attached hydrogen (secondary N) is 1. The summed E-state index contributed by atoms with van der Waals surface area (Å²) >= 11 is 5.99. The smallest absolute Gasteiger partial charge is 0.257 e. The van der Waals surface area contributed by atoms with Crippen molar-refractivity contribution in [1.82, 2.24) is 4.98 Å². The number of nitrogen functional groups attached to an aromatic ring is 1. The zero-order valence-corrected chi connectivity index (χ0v) is 10.5. The molecule has 2 aromatic rings. The highest BCUT2D eigenvalue weighted by atomic mass is 35.5. The Balaban J connectivity index is 2.28. The number of anilines is 2. The zero-order valence-electron chi connectivity index (χ0n) is 9.77. The molecule has 1 heterocycles. The second-order valence-corrected chi connectivity index (χ2v) is 4.23. The number of carbonyl (C=O) groups excluding carboxylic acids is 1. The van der Waals surface area contributed by atoms with Gasteiger partial charge in [-0.3, -0.25) is 9.78 Å². The fourth-order valence-corrected chi connectivity index (χ4v) is 1.72. The summed E-state index contributed by atoms with van der Waals surface area (Å²) < 4.78 is 0. The van der Waals surface area contributed by atoms with Crippen LogP contribution in [0.3, 0.4) is 0 Å². The molecule has 0 aliphatic carbocycles. The second-order valence-electron chi connectivity index (χ2n) is 3.85. The number of hydrogen-bond donors (Lipinski definition) is 2. The van der Waals surface area contributed by atoms with Crippen LogP contribution in [-0.2, 0) is 0 Å². The van der Waals surface area contributed by atoms with E-state index >= 15 is 0 Å². The van der Waals surface area contributed by atoms with E-state index in [0.717, 1.165) is 5.56 Å². The zero-order chi connectivity index (χ0) is 13.1. The number of aryl methyl sites for hydroxylation is 1. The Morgan fingerprint density at radius 1 is 1.39 bits per heavy atom. The van der Waals surface area contributed by atoms with Crippen molar-refractivity contribution < 1.29 is 4.79 Å². The number of halogens is 1. The van der Waals surface area contributed by atoms with Gasteiger partial charge in [0, 0.05) is 6.20 Å². The molecular weight excluding hydrogens is 250 g/mol. The topological polar surface area (TPSA) is 68.0 Å². The van der Waals surface area contributed by atoms with E-state index in [0.29, 0.717) is 16.9 Å². The normalized spacial score (nSPS) is 10.1. The number of aromatic nitrogens is 1. The van der Waals surface area contributed by atoms with Crippen LogP contribution in [0.25, 0.3) is 0 Å². The van der Waals surface area contributed by atoms with Crippen molar-refractivity contribution in [2.24, 2.45) is 0 Å². The highest BCUT2D eigenvalue weighted by Gasteiger charge is 2.13. The summed E-state index contributed by atoms with van der Waals surface area (Å²) in [5.41, 5.74) is 7.97. The van der Waals surface area contributed by atoms with Gasteiger partial charge in [-0.1, -0.05) is 17.7 Å². The molecule has 1 aromatic carbocycles. The third kappa shape index (κ3) is 2.43. The standard InChI is InChI=1S/C13H12ClN3O/c1-8-5-6-16-7-11(8)17-13(18)9-3-2-4-10(15)12(9)14/h2-7H,15H2,1H3,(H,17,18). The lowest BCUT2D eigenvalue weighted by atomic mass is 10.1. The molecule has 0 aliphatic rings. The summed E-state index contributed by atoms with van der Waals surface area (Å²) in [7, 11) is 0. The van der Waals surface area contributed by atoms with Crippen molar-refractivity contribution in [2.75, 3.05) is 11.1 Å². The summed E-state index contributed by atoms with van der Waals surface area (Å²) in [6, 6.07) is 6.77. The van der Waals surface area contributed by atoms with Gasteiger partial charge < -0.3 is 11.1 Å². The molecule has 0 bridgehead atoms. The summed E-state index contributed by atoms with van der Waals surface area (Å²) in [6.07, 6.45) is 3.26. The molecule has 4 nitrogen and oxygen atoms in total. The van der Waals surface area contributed by atoms with Crippen LogP contribution in [0.1, 0.15) is 15.9 Å². The first-order valence-electron chi connectivity index (χ1n) is 5.35. The van der Waals surface area contributed by atoms with Crippen molar-refractivity contribution in [2.45, 2.75) is 6.92 Å². The molecule has 0 fully saturated rings. The molecule has 2 rings (SSSR count). The highest BCUT2D eigenvalue weighted by molar-refractivity contribution is 6.36. The van der Waals surface area contributed by atoms with Crippen molar-refractivity contribution >= 4 is 28.9 Å². The Bertz CT molecular complexity index is 599. The summed E-state index contributed by atoms with van der Waals surface area (Å²) in [5, 5.41) is 3.01. The molecule has 0 radical (unpaired) electrons. The van der Waals surface area contributed by atoms with E-state index in [9.17, 15) is 4.79 Å². The number of amides is 1. The first-order valence-corrected chi connectivity index (χ1v) is 5.73. The Labute approximate surface area is 110 Å². The van der Waals surface area contributed by atoms with Crippen LogP contribution in [0.4, 0.5) is 11.4 Å². The predicted molar refractivity (Wildman–Crippen MR) is 72.8 cm³/mol. The molecule has 1 aromatic heterocycles. The van der Waals surface area contributed by atoms with Crippen LogP contribution in [0.5, 0.6) is 0 Å². The molecular formula is C13H12ClN3O. The second kappa shape index (κ2) is 5.06. The summed E-state index contributed by atoms with van der Waals surface area (Å²) in [5.74, 6) is -0.302. The number of pyridine rings is 1. The van der Waals surface area contributed by atoms with Gasteiger partial charge in [-0.25, -0.2) is 0 Å². The van der Waals surface area contributed by atoms with Crippen molar-refractivity contribution in [3.63, 3.8) is 0 Å². The summed E-state index contributed by atoms with van der Waals surface area (Å²) in [6.45, 7) is 1.89. The quantitative estimate of drug-likeness (QED) is 0.817. The fourth-order valence-electron chi connectivity index (χ4n) is 1.51. The molecule has 5 heteroatoms. The SMILES string of the molecule is Cc1ccncc1NC(=O)c1cccc(N)c1Cl. The Hall–Kier alpha value is -2.07. The minimum absolute atomic E-state index is 0.261. The molecule has 0 saturated carbocycles. The Morgan fingerprint density at radius 2 is 2.17 bits per heavy atom. The number of carbonyl (C=O) groups is 1. The van der Waals surface area contributed by atoms with Gasteiger partial charge in [0.15, 0.2) is 0 Å². The molecule has 18 heavy (non-hydrogen) atoms. The molecule has 3 N–H and O–H groups in total. The predicted octanol–water partition coefficient (Wildman–Crippen LogP) is 2.88. The number of benzene rings is 1. The van der Waals surface area contributed by atoms with E-state index in [2.05, 4.69) is 10.3 Å². The molecule has 0 aliphatic heterocycles. The van der Waals surface area contributed by atoms with Crippen LogP contribution in [0, 0.1) is 6.92 Å². The summed E-state index contributed by atoms with van der Waals surface area (Å²) in [4.78, 5) is 16.0. The Morgan fingerprint density at radius 3 is 2.89 bits per heavy atom. The van der Waals surface area contributed by atoms with Crippen molar-refractivity contribution in [3.8, 4) is 0 Å². The van der Waals surface area contributed by atoms with E-state index in [-0.39, 0.29) is 10.9 Å². The third-order valence-electron chi connectivity index (χ3n) is 2.56. The van der Waals surface area contributed by atoms with E-state index in [4.69, 9.17) is 17.3 Å². The molecule has 0 saturated heterocycles. The van der Waals surface area contributed by atoms with Gasteiger partial charge in [0.25, 0.3) is 5.91 Å². The van der Waals surface area contributed by atoms with Gasteiger partial charge in [0.05, 0.1) is 28.2 Å².